The maximum atomic E-state index is 12.7. The zero-order valence-corrected chi connectivity index (χ0v) is 19.5. The zero-order valence-electron chi connectivity index (χ0n) is 17.2. The van der Waals surface area contributed by atoms with Crippen molar-refractivity contribution in [2.75, 3.05) is 12.9 Å². The largest absolute Gasteiger partial charge is 0.459 e. The van der Waals surface area contributed by atoms with Crippen molar-refractivity contribution in [1.29, 1.82) is 0 Å². The third-order valence-electron chi connectivity index (χ3n) is 4.60. The Morgan fingerprint density at radius 1 is 0.906 bits per heavy atom. The van der Waals surface area contributed by atoms with Crippen molar-refractivity contribution in [3.8, 4) is 0 Å². The van der Waals surface area contributed by atoms with Crippen molar-refractivity contribution in [3.63, 3.8) is 0 Å². The average Bonchev–Trinajstić information content (AvgIpc) is 3.08. The summed E-state index contributed by atoms with van der Waals surface area (Å²) in [6.07, 6.45) is -0.875. The van der Waals surface area contributed by atoms with Gasteiger partial charge in [-0.1, -0.05) is 23.2 Å². The van der Waals surface area contributed by atoms with Crippen molar-refractivity contribution >= 4 is 52.9 Å². The van der Waals surface area contributed by atoms with Crippen LogP contribution in [-0.2, 0) is 23.7 Å². The summed E-state index contributed by atoms with van der Waals surface area (Å²) < 4.78 is 22.1. The van der Waals surface area contributed by atoms with Crippen LogP contribution in [0.4, 0.5) is 0 Å². The van der Waals surface area contributed by atoms with E-state index in [1.54, 1.807) is 30.5 Å². The van der Waals surface area contributed by atoms with Gasteiger partial charge in [0.05, 0.1) is 11.1 Å². The fraction of sp³-hybridized carbons (Fsp3) is 0.318. The van der Waals surface area contributed by atoms with Crippen LogP contribution in [0.5, 0.6) is 0 Å². The number of rotatable bonds is 7. The standard InChI is InChI=1S/C22H20Cl2O7S/c1-12(25)29-22-19(32-2)18(31-21(27)14-5-9-16(24)10-6-14)17(30-22)11-28-20(26)13-3-7-15(23)8-4-13/h3-10,17-19,22H,11H2,1-2H3/t17-,18-,19+,22+/m1/s1. The highest BCUT2D eigenvalue weighted by molar-refractivity contribution is 7.99. The molecule has 1 saturated heterocycles. The lowest BCUT2D eigenvalue weighted by Gasteiger charge is -2.22. The Bertz CT molecular complexity index is 965. The third-order valence-corrected chi connectivity index (χ3v) is 6.14. The average molecular weight is 499 g/mol. The van der Waals surface area contributed by atoms with E-state index < -0.39 is 41.7 Å². The van der Waals surface area contributed by atoms with E-state index in [1.165, 1.54) is 43.0 Å². The van der Waals surface area contributed by atoms with E-state index in [1.807, 2.05) is 0 Å². The van der Waals surface area contributed by atoms with Gasteiger partial charge >= 0.3 is 17.9 Å². The summed E-state index contributed by atoms with van der Waals surface area (Å²) >= 11 is 13.0. The molecule has 0 amide bonds. The maximum absolute atomic E-state index is 12.7. The molecule has 170 valence electrons. The smallest absolute Gasteiger partial charge is 0.338 e. The van der Waals surface area contributed by atoms with Gasteiger partial charge in [0, 0.05) is 17.0 Å². The molecule has 3 rings (SSSR count). The number of carbonyl (C=O) groups excluding carboxylic acids is 3. The molecule has 7 nitrogen and oxygen atoms in total. The van der Waals surface area contributed by atoms with Crippen LogP contribution < -0.4 is 0 Å². The number of thioether (sulfide) groups is 1. The van der Waals surface area contributed by atoms with Crippen LogP contribution in [0.1, 0.15) is 27.6 Å². The molecule has 1 heterocycles. The number of benzene rings is 2. The quantitative estimate of drug-likeness (QED) is 0.410. The second-order valence-corrected chi connectivity index (χ2v) is 8.72. The molecular weight excluding hydrogens is 479 g/mol. The second-order valence-electron chi connectivity index (χ2n) is 6.83. The van der Waals surface area contributed by atoms with Gasteiger partial charge in [-0.2, -0.15) is 11.8 Å². The van der Waals surface area contributed by atoms with Gasteiger partial charge in [0.15, 0.2) is 0 Å². The number of hydrogen-bond acceptors (Lipinski definition) is 8. The van der Waals surface area contributed by atoms with Crippen molar-refractivity contribution < 1.29 is 33.3 Å². The first kappa shape index (κ1) is 24.4. The predicted molar refractivity (Wildman–Crippen MR) is 120 cm³/mol. The highest BCUT2D eigenvalue weighted by Crippen LogP contribution is 2.34. The van der Waals surface area contributed by atoms with E-state index in [0.717, 1.165) is 0 Å². The lowest BCUT2D eigenvalue weighted by Crippen LogP contribution is -2.38. The molecule has 2 aromatic carbocycles. The zero-order chi connectivity index (χ0) is 23.3. The summed E-state index contributed by atoms with van der Waals surface area (Å²) in [7, 11) is 0. The molecule has 4 atom stereocenters. The molecule has 0 aliphatic carbocycles. The van der Waals surface area contributed by atoms with Crippen LogP contribution in [0.15, 0.2) is 48.5 Å². The van der Waals surface area contributed by atoms with Gasteiger partial charge in [0.1, 0.15) is 24.1 Å². The summed E-state index contributed by atoms with van der Waals surface area (Å²) in [5.74, 6) is -1.74. The minimum Gasteiger partial charge on any atom is -0.459 e. The van der Waals surface area contributed by atoms with Gasteiger partial charge in [-0.3, -0.25) is 4.79 Å². The number of carbonyl (C=O) groups is 3. The van der Waals surface area contributed by atoms with Crippen LogP contribution in [0.3, 0.4) is 0 Å². The maximum Gasteiger partial charge on any atom is 0.338 e. The van der Waals surface area contributed by atoms with Crippen LogP contribution in [-0.4, -0.2) is 54.5 Å². The molecule has 32 heavy (non-hydrogen) atoms. The highest BCUT2D eigenvalue weighted by Gasteiger charge is 2.49. The number of halogens is 2. The third kappa shape index (κ3) is 6.16. The van der Waals surface area contributed by atoms with Gasteiger partial charge in [-0.05, 0) is 54.8 Å². The molecule has 0 saturated carbocycles. The van der Waals surface area contributed by atoms with Gasteiger partial charge in [-0.15, -0.1) is 0 Å². The van der Waals surface area contributed by atoms with E-state index in [0.29, 0.717) is 21.2 Å². The number of hydrogen-bond donors (Lipinski definition) is 0. The van der Waals surface area contributed by atoms with Crippen LogP contribution >= 0.6 is 35.0 Å². The SMILES string of the molecule is CS[C@@H]1[C@@H](OC(C)=O)O[C@H](COC(=O)c2ccc(Cl)cc2)[C@H]1OC(=O)c1ccc(Cl)cc1. The Hall–Kier alpha value is -2.26. The van der Waals surface area contributed by atoms with Gasteiger partial charge in [0.2, 0.25) is 6.29 Å². The van der Waals surface area contributed by atoms with Crippen molar-refractivity contribution in [3.05, 3.63) is 69.7 Å². The molecule has 0 N–H and O–H groups in total. The molecule has 0 bridgehead atoms. The molecule has 0 radical (unpaired) electrons. The fourth-order valence-electron chi connectivity index (χ4n) is 3.08. The minimum atomic E-state index is -0.968. The lowest BCUT2D eigenvalue weighted by molar-refractivity contribution is -0.174. The lowest BCUT2D eigenvalue weighted by atomic mass is 10.1. The minimum absolute atomic E-state index is 0.213. The monoisotopic (exact) mass is 498 g/mol. The second kappa shape index (κ2) is 11.0. The first-order valence-corrected chi connectivity index (χ1v) is 11.6. The van der Waals surface area contributed by atoms with E-state index >= 15 is 0 Å². The van der Waals surface area contributed by atoms with Crippen molar-refractivity contribution in [2.45, 2.75) is 30.7 Å². The van der Waals surface area contributed by atoms with E-state index in [9.17, 15) is 14.4 Å². The molecule has 10 heteroatoms. The predicted octanol–water partition coefficient (Wildman–Crippen LogP) is 4.40. The summed E-state index contributed by atoms with van der Waals surface area (Å²) in [5, 5.41) is 0.450. The first-order chi connectivity index (χ1) is 15.3. The van der Waals surface area contributed by atoms with E-state index in [-0.39, 0.29) is 6.61 Å². The topological polar surface area (TPSA) is 88.1 Å². The Balaban J connectivity index is 1.74. The van der Waals surface area contributed by atoms with Crippen LogP contribution in [0, 0.1) is 0 Å². The van der Waals surface area contributed by atoms with Gasteiger partial charge in [0.25, 0.3) is 0 Å². The van der Waals surface area contributed by atoms with E-state index in [4.69, 9.17) is 42.1 Å². The number of esters is 3. The van der Waals surface area contributed by atoms with Crippen molar-refractivity contribution in [2.24, 2.45) is 0 Å². The Morgan fingerprint density at radius 2 is 1.44 bits per heavy atom. The summed E-state index contributed by atoms with van der Waals surface area (Å²) in [6, 6.07) is 12.4. The first-order valence-electron chi connectivity index (χ1n) is 9.53. The Morgan fingerprint density at radius 3 is 1.94 bits per heavy atom. The van der Waals surface area contributed by atoms with Crippen molar-refractivity contribution in [1.82, 2.24) is 0 Å². The molecule has 1 aliphatic heterocycles. The Kier molecular flexibility index (Phi) is 8.42. The van der Waals surface area contributed by atoms with Gasteiger partial charge < -0.3 is 18.9 Å². The van der Waals surface area contributed by atoms with Crippen LogP contribution in [0.25, 0.3) is 0 Å². The molecule has 1 fully saturated rings. The normalized spacial score (nSPS) is 22.2. The molecule has 0 unspecified atom stereocenters. The molecule has 2 aromatic rings. The van der Waals surface area contributed by atoms with E-state index in [2.05, 4.69) is 0 Å². The molecular formula is C22H20Cl2O7S. The molecule has 1 aliphatic rings. The molecule has 0 spiro atoms. The summed E-state index contributed by atoms with van der Waals surface area (Å²) in [6.45, 7) is 1.04. The fourth-order valence-corrected chi connectivity index (χ4v) is 4.17. The summed E-state index contributed by atoms with van der Waals surface area (Å²) in [5.41, 5.74) is 0.599. The molecule has 0 aromatic heterocycles. The van der Waals surface area contributed by atoms with Gasteiger partial charge in [-0.25, -0.2) is 9.59 Å². The number of ether oxygens (including phenoxy) is 4. The summed E-state index contributed by atoms with van der Waals surface area (Å²) in [4.78, 5) is 36.6. The highest BCUT2D eigenvalue weighted by atomic mass is 35.5. The Labute approximate surface area is 199 Å². The van der Waals surface area contributed by atoms with Crippen LogP contribution in [0.2, 0.25) is 10.0 Å².